The summed E-state index contributed by atoms with van der Waals surface area (Å²) in [4.78, 5) is 29.8. The number of fused-ring (bicyclic) bond motifs is 1. The summed E-state index contributed by atoms with van der Waals surface area (Å²) in [5.74, 6) is -0.238. The molecular formula is C19H21N3O3. The molecule has 2 aromatic rings. The lowest BCUT2D eigenvalue weighted by Gasteiger charge is -2.22. The molecule has 0 bridgehead atoms. The first kappa shape index (κ1) is 18.5. The summed E-state index contributed by atoms with van der Waals surface area (Å²) >= 11 is 0. The number of nitrogens with zero attached hydrogens (tertiary/aromatic N) is 2. The predicted molar refractivity (Wildman–Crippen MR) is 97.9 cm³/mol. The number of hydrogen-bond donors (Lipinski definition) is 2. The van der Waals surface area contributed by atoms with Crippen molar-refractivity contribution >= 4 is 23.6 Å². The van der Waals surface area contributed by atoms with E-state index in [1.54, 1.807) is 7.05 Å². The number of benzodiazepines with no additional fused rings is 1. The first-order chi connectivity index (χ1) is 12.3. The number of aldehydes is 1. The van der Waals surface area contributed by atoms with Gasteiger partial charge in [-0.3, -0.25) is 15.1 Å². The summed E-state index contributed by atoms with van der Waals surface area (Å²) in [5, 5.41) is 9.92. The van der Waals surface area contributed by atoms with Crippen molar-refractivity contribution in [2.45, 2.75) is 6.17 Å². The molecule has 25 heavy (non-hydrogen) atoms. The number of hydrogen-bond acceptors (Lipinski definition) is 5. The highest BCUT2D eigenvalue weighted by molar-refractivity contribution is 6.20. The minimum Gasteiger partial charge on any atom is -0.400 e. The normalized spacial score (nSPS) is 16.1. The number of benzene rings is 2. The van der Waals surface area contributed by atoms with Crippen LogP contribution in [0.3, 0.4) is 0 Å². The average molecular weight is 339 g/mol. The second-order valence-corrected chi connectivity index (χ2v) is 5.17. The van der Waals surface area contributed by atoms with Crippen molar-refractivity contribution < 1.29 is 14.7 Å². The van der Waals surface area contributed by atoms with Crippen molar-refractivity contribution in [1.82, 2.24) is 5.32 Å². The Bertz CT molecular complexity index is 760. The van der Waals surface area contributed by atoms with Gasteiger partial charge < -0.3 is 14.8 Å². The molecule has 1 heterocycles. The van der Waals surface area contributed by atoms with Crippen LogP contribution in [0.5, 0.6) is 0 Å². The molecule has 1 atom stereocenters. The van der Waals surface area contributed by atoms with Gasteiger partial charge in [-0.25, -0.2) is 0 Å². The molecule has 0 fully saturated rings. The molecule has 2 N–H and O–H groups in total. The Hall–Kier alpha value is -2.83. The fourth-order valence-electron chi connectivity index (χ4n) is 2.71. The Labute approximate surface area is 146 Å². The van der Waals surface area contributed by atoms with Gasteiger partial charge in [-0.2, -0.15) is 0 Å². The maximum atomic E-state index is 12.7. The Kier molecular flexibility index (Phi) is 6.56. The maximum absolute atomic E-state index is 12.7. The molecule has 0 radical (unpaired) electrons. The summed E-state index contributed by atoms with van der Waals surface area (Å²) in [5.41, 5.74) is 3.21. The van der Waals surface area contributed by atoms with E-state index in [1.807, 2.05) is 54.6 Å². The lowest BCUT2D eigenvalue weighted by Crippen LogP contribution is -2.44. The van der Waals surface area contributed by atoms with Gasteiger partial charge in [-0.1, -0.05) is 48.5 Å². The molecule has 130 valence electrons. The zero-order chi connectivity index (χ0) is 18.2. The molecule has 1 amide bonds. The number of nitrogens with one attached hydrogen (secondary N) is 1. The van der Waals surface area contributed by atoms with Crippen LogP contribution in [0.1, 0.15) is 11.1 Å². The number of rotatable bonds is 4. The van der Waals surface area contributed by atoms with Crippen LogP contribution in [-0.2, 0) is 9.59 Å². The molecule has 2 aromatic carbocycles. The maximum Gasteiger partial charge on any atom is 0.266 e. The van der Waals surface area contributed by atoms with Gasteiger partial charge in [-0.05, 0) is 13.1 Å². The molecule has 6 heteroatoms. The zero-order valence-electron chi connectivity index (χ0n) is 14.2. The summed E-state index contributed by atoms with van der Waals surface area (Å²) in [7, 11) is 2.68. The van der Waals surface area contributed by atoms with Crippen LogP contribution in [0, 0.1) is 0 Å². The second-order valence-electron chi connectivity index (χ2n) is 5.17. The van der Waals surface area contributed by atoms with Crippen LogP contribution in [-0.4, -0.2) is 49.9 Å². The quantitative estimate of drug-likeness (QED) is 0.821. The molecular weight excluding hydrogens is 318 g/mol. The summed E-state index contributed by atoms with van der Waals surface area (Å²) in [6.45, 7) is 0.00557. The summed E-state index contributed by atoms with van der Waals surface area (Å²) in [6, 6.07) is 17.2. The van der Waals surface area contributed by atoms with Crippen LogP contribution in [0.4, 0.5) is 5.69 Å². The minimum absolute atomic E-state index is 0.00557. The van der Waals surface area contributed by atoms with Crippen LogP contribution in [0.25, 0.3) is 0 Å². The fraction of sp³-hybridized carbons (Fsp3) is 0.211. The van der Waals surface area contributed by atoms with E-state index in [0.29, 0.717) is 5.69 Å². The largest absolute Gasteiger partial charge is 0.400 e. The van der Waals surface area contributed by atoms with Gasteiger partial charge in [0.2, 0.25) is 0 Å². The van der Waals surface area contributed by atoms with Gasteiger partial charge in [-0.15, -0.1) is 0 Å². The average Bonchev–Trinajstić information content (AvgIpc) is 2.80. The molecule has 0 aliphatic carbocycles. The van der Waals surface area contributed by atoms with Crippen molar-refractivity contribution in [2.75, 3.05) is 25.6 Å². The topological polar surface area (TPSA) is 82.0 Å². The van der Waals surface area contributed by atoms with Gasteiger partial charge >= 0.3 is 0 Å². The first-order valence-corrected chi connectivity index (χ1v) is 7.86. The number of aliphatic hydroxyl groups excluding tert-OH is 1. The molecule has 1 aliphatic rings. The Morgan fingerprint density at radius 3 is 2.40 bits per heavy atom. The molecule has 0 spiro atoms. The van der Waals surface area contributed by atoms with E-state index in [-0.39, 0.29) is 12.5 Å². The van der Waals surface area contributed by atoms with Crippen molar-refractivity contribution in [3.8, 4) is 0 Å². The molecule has 6 nitrogen and oxygen atoms in total. The number of amides is 1. The SMILES string of the molecule is CNC1N=C(c2ccccc2)c2ccccc2N(CC=O)C1=O.CO. The van der Waals surface area contributed by atoms with E-state index in [1.165, 1.54) is 4.90 Å². The third kappa shape index (κ3) is 3.81. The lowest BCUT2D eigenvalue weighted by atomic mass is 10.0. The molecule has 0 saturated heterocycles. The number of aliphatic hydroxyl groups is 1. The van der Waals surface area contributed by atoms with E-state index in [0.717, 1.165) is 30.2 Å². The number of aliphatic imine (C=N–C) groups is 1. The Morgan fingerprint density at radius 2 is 1.76 bits per heavy atom. The number of carbonyl (C=O) groups excluding carboxylic acids is 2. The smallest absolute Gasteiger partial charge is 0.266 e. The highest BCUT2D eigenvalue weighted by Gasteiger charge is 2.30. The van der Waals surface area contributed by atoms with Gasteiger partial charge in [0.05, 0.1) is 17.9 Å². The van der Waals surface area contributed by atoms with Gasteiger partial charge in [0.15, 0.2) is 6.17 Å². The minimum atomic E-state index is -0.724. The standard InChI is InChI=1S/C18H17N3O2.CH4O/c1-19-17-18(23)21(11-12-22)15-10-6-5-9-14(15)16(20-17)13-7-3-2-4-8-13;1-2/h2-10,12,17,19H,11H2,1H3;2H,1H3. The monoisotopic (exact) mass is 339 g/mol. The molecule has 1 aliphatic heterocycles. The number of anilines is 1. The number of carbonyl (C=O) groups is 2. The number of para-hydroxylation sites is 1. The van der Waals surface area contributed by atoms with Crippen molar-refractivity contribution in [3.05, 3.63) is 65.7 Å². The molecule has 0 saturated carbocycles. The fourth-order valence-corrected chi connectivity index (χ4v) is 2.71. The lowest BCUT2D eigenvalue weighted by molar-refractivity contribution is -0.121. The van der Waals surface area contributed by atoms with E-state index in [4.69, 9.17) is 5.11 Å². The van der Waals surface area contributed by atoms with Gasteiger partial charge in [0.1, 0.15) is 6.29 Å². The van der Waals surface area contributed by atoms with Crippen LogP contribution in [0.15, 0.2) is 59.6 Å². The van der Waals surface area contributed by atoms with Gasteiger partial charge in [0, 0.05) is 18.2 Å². The second kappa shape index (κ2) is 8.86. The van der Waals surface area contributed by atoms with E-state index < -0.39 is 6.17 Å². The van der Waals surface area contributed by atoms with E-state index >= 15 is 0 Å². The molecule has 3 rings (SSSR count). The Balaban J connectivity index is 0.00000109. The highest BCUT2D eigenvalue weighted by atomic mass is 16.2. The first-order valence-electron chi connectivity index (χ1n) is 7.86. The third-order valence-electron chi connectivity index (χ3n) is 3.79. The van der Waals surface area contributed by atoms with Crippen molar-refractivity contribution in [1.29, 1.82) is 0 Å². The van der Waals surface area contributed by atoms with Gasteiger partial charge in [0.25, 0.3) is 5.91 Å². The highest BCUT2D eigenvalue weighted by Crippen LogP contribution is 2.27. The van der Waals surface area contributed by atoms with E-state index in [2.05, 4.69) is 10.3 Å². The third-order valence-corrected chi connectivity index (χ3v) is 3.79. The summed E-state index contributed by atoms with van der Waals surface area (Å²) in [6.07, 6.45) is 0.00658. The Morgan fingerprint density at radius 1 is 1.12 bits per heavy atom. The van der Waals surface area contributed by atoms with Crippen LogP contribution in [0.2, 0.25) is 0 Å². The van der Waals surface area contributed by atoms with E-state index in [9.17, 15) is 9.59 Å². The van der Waals surface area contributed by atoms with Crippen LogP contribution >= 0.6 is 0 Å². The number of likely N-dealkylation sites (N-methyl/N-ethyl adjacent to an activating group) is 1. The molecule has 1 unspecified atom stereocenters. The molecule has 0 aromatic heterocycles. The van der Waals surface area contributed by atoms with Crippen LogP contribution < -0.4 is 10.2 Å². The zero-order valence-corrected chi connectivity index (χ0v) is 14.2. The predicted octanol–water partition coefficient (Wildman–Crippen LogP) is 1.22. The summed E-state index contributed by atoms with van der Waals surface area (Å²) < 4.78 is 0. The van der Waals surface area contributed by atoms with Crippen molar-refractivity contribution in [2.24, 2.45) is 4.99 Å². The van der Waals surface area contributed by atoms with Crippen molar-refractivity contribution in [3.63, 3.8) is 0 Å².